The molecule has 2 aromatic heterocycles. The first-order valence-electron chi connectivity index (χ1n) is 12.8. The molecule has 2 aromatic carbocycles. The van der Waals surface area contributed by atoms with Gasteiger partial charge in [-0.15, -0.1) is 0 Å². The summed E-state index contributed by atoms with van der Waals surface area (Å²) in [5, 5.41) is 26.5. The number of methoxy groups -OCH3 is 1. The molecule has 8 nitrogen and oxygen atoms in total. The molecular weight excluding hydrogens is 514 g/mol. The quantitative estimate of drug-likeness (QED) is 0.316. The summed E-state index contributed by atoms with van der Waals surface area (Å²) in [4.78, 5) is 12.0. The van der Waals surface area contributed by atoms with Crippen molar-refractivity contribution in [3.63, 3.8) is 0 Å². The lowest BCUT2D eigenvalue weighted by molar-refractivity contribution is 0.0556. The lowest BCUT2D eigenvalue weighted by Crippen LogP contribution is -2.30. The summed E-state index contributed by atoms with van der Waals surface area (Å²) in [6, 6.07) is 15.0. The molecule has 0 amide bonds. The number of hydrogen-bond donors (Lipinski definition) is 2. The summed E-state index contributed by atoms with van der Waals surface area (Å²) >= 11 is 5.89. The Balaban J connectivity index is 0.000000181. The van der Waals surface area contributed by atoms with Gasteiger partial charge in [-0.2, -0.15) is 5.10 Å². The van der Waals surface area contributed by atoms with E-state index in [1.54, 1.807) is 30.5 Å². The van der Waals surface area contributed by atoms with E-state index >= 15 is 0 Å². The van der Waals surface area contributed by atoms with Crippen LogP contribution in [0.15, 0.2) is 79.9 Å². The van der Waals surface area contributed by atoms with Crippen LogP contribution in [0, 0.1) is 11.3 Å². The molecule has 204 valence electrons. The third-order valence-corrected chi connectivity index (χ3v) is 6.92. The van der Waals surface area contributed by atoms with Gasteiger partial charge in [0, 0.05) is 23.0 Å². The number of benzene rings is 2. The average molecular weight is 548 g/mol. The van der Waals surface area contributed by atoms with E-state index in [-0.39, 0.29) is 11.3 Å². The summed E-state index contributed by atoms with van der Waals surface area (Å²) in [6.07, 6.45) is 11.2. The summed E-state index contributed by atoms with van der Waals surface area (Å²) in [7, 11) is 1.63. The minimum atomic E-state index is -0.993. The van der Waals surface area contributed by atoms with E-state index in [0.29, 0.717) is 10.7 Å². The Morgan fingerprint density at radius 2 is 1.62 bits per heavy atom. The molecule has 1 aliphatic carbocycles. The van der Waals surface area contributed by atoms with Gasteiger partial charge in [-0.05, 0) is 65.6 Å². The number of aromatic nitrogens is 5. The summed E-state index contributed by atoms with van der Waals surface area (Å²) in [5.74, 6) is 1.03. The highest BCUT2D eigenvalue weighted by Gasteiger charge is 2.46. The second-order valence-electron chi connectivity index (χ2n) is 10.6. The first kappa shape index (κ1) is 28.4. The van der Waals surface area contributed by atoms with Crippen molar-refractivity contribution < 1.29 is 14.9 Å². The van der Waals surface area contributed by atoms with E-state index < -0.39 is 11.7 Å². The zero-order chi connectivity index (χ0) is 28.0. The van der Waals surface area contributed by atoms with Gasteiger partial charge in [-0.25, -0.2) is 19.6 Å². The van der Waals surface area contributed by atoms with Crippen molar-refractivity contribution in [1.82, 2.24) is 24.7 Å². The van der Waals surface area contributed by atoms with Gasteiger partial charge in [-0.3, -0.25) is 0 Å². The molecule has 0 aliphatic heterocycles. The Bertz CT molecular complexity index is 1350. The van der Waals surface area contributed by atoms with Gasteiger partial charge in [0.25, 0.3) is 0 Å². The van der Waals surface area contributed by atoms with Crippen molar-refractivity contribution >= 4 is 23.4 Å². The van der Waals surface area contributed by atoms with Gasteiger partial charge in [-0.1, -0.05) is 56.6 Å². The molecule has 1 fully saturated rings. The molecule has 5 rings (SSSR count). The molecular formula is C30H34ClN5O3. The zero-order valence-corrected chi connectivity index (χ0v) is 23.3. The van der Waals surface area contributed by atoms with Gasteiger partial charge >= 0.3 is 0 Å². The highest BCUT2D eigenvalue weighted by molar-refractivity contribution is 6.30. The molecule has 4 aromatic rings. The van der Waals surface area contributed by atoms with Crippen molar-refractivity contribution in [3.8, 4) is 5.75 Å². The van der Waals surface area contributed by atoms with Crippen LogP contribution >= 0.6 is 11.6 Å². The number of ether oxygens (including phenoxy) is 1. The van der Waals surface area contributed by atoms with Crippen LogP contribution < -0.4 is 4.74 Å². The normalized spacial score (nSPS) is 16.0. The van der Waals surface area contributed by atoms with E-state index in [1.807, 2.05) is 75.4 Å². The van der Waals surface area contributed by atoms with E-state index in [2.05, 4.69) is 20.1 Å². The molecule has 2 unspecified atom stereocenters. The first-order chi connectivity index (χ1) is 18.6. The number of halogens is 1. The summed E-state index contributed by atoms with van der Waals surface area (Å²) < 4.78 is 6.75. The van der Waals surface area contributed by atoms with E-state index in [1.165, 1.54) is 12.7 Å². The van der Waals surface area contributed by atoms with Gasteiger partial charge in [0.1, 0.15) is 36.4 Å². The van der Waals surface area contributed by atoms with Crippen molar-refractivity contribution in [2.75, 3.05) is 7.11 Å². The van der Waals surface area contributed by atoms with Gasteiger partial charge in [0.05, 0.1) is 12.8 Å². The fourth-order valence-electron chi connectivity index (χ4n) is 4.27. The molecule has 0 bridgehead atoms. The zero-order valence-electron chi connectivity index (χ0n) is 22.6. The van der Waals surface area contributed by atoms with Crippen LogP contribution in [-0.4, -0.2) is 48.2 Å². The summed E-state index contributed by atoms with van der Waals surface area (Å²) in [5.41, 5.74) is 1.95. The maximum absolute atomic E-state index is 11.1. The fourth-order valence-corrected chi connectivity index (χ4v) is 4.39. The van der Waals surface area contributed by atoms with Crippen molar-refractivity contribution in [3.05, 3.63) is 102 Å². The molecule has 2 heterocycles. The van der Waals surface area contributed by atoms with Crippen LogP contribution in [0.4, 0.5) is 0 Å². The van der Waals surface area contributed by atoms with Gasteiger partial charge in [0.15, 0.2) is 0 Å². The number of aliphatic hydroxyl groups excluding tert-OH is 1. The van der Waals surface area contributed by atoms with Crippen LogP contribution in [-0.2, 0) is 5.60 Å². The molecule has 9 heteroatoms. The predicted molar refractivity (Wildman–Crippen MR) is 152 cm³/mol. The van der Waals surface area contributed by atoms with Crippen molar-refractivity contribution in [2.24, 2.45) is 11.3 Å². The Hall–Kier alpha value is -3.59. The Morgan fingerprint density at radius 3 is 2.13 bits per heavy atom. The maximum atomic E-state index is 11.1. The number of hydrogen-bond acceptors (Lipinski definition) is 7. The molecule has 0 radical (unpaired) electrons. The Labute approximate surface area is 234 Å². The first-order valence-corrected chi connectivity index (χ1v) is 13.1. The lowest BCUT2D eigenvalue weighted by atomic mass is 9.83. The molecule has 2 atom stereocenters. The highest BCUT2D eigenvalue weighted by Crippen LogP contribution is 2.49. The van der Waals surface area contributed by atoms with E-state index in [0.717, 1.165) is 35.3 Å². The molecule has 1 aliphatic rings. The van der Waals surface area contributed by atoms with Gasteiger partial charge in [0.2, 0.25) is 0 Å². The Kier molecular flexibility index (Phi) is 8.80. The SMILES string of the molecule is CC(C)(C)C(O)/C(=C\c1ccc(Cl)cc1)n1cncn1.COc1ccc(C(O)(c2cncnc2)C2CC2)cc1. The Morgan fingerprint density at radius 1 is 0.974 bits per heavy atom. The summed E-state index contributed by atoms with van der Waals surface area (Å²) in [6.45, 7) is 5.93. The van der Waals surface area contributed by atoms with Crippen LogP contribution in [0.2, 0.25) is 5.02 Å². The standard InChI is InChI=1S/C15H18ClN3O.C15H16N2O2/c1-15(2,3)14(20)13(19-10-17-9-18-19)8-11-4-6-12(16)7-5-11;1-19-14-6-4-12(5-7-14)15(18,11-2-3-11)13-8-16-10-17-9-13/h4-10,14,20H,1-3H3;4-11,18H,2-3H2,1H3/b13-8+;. The largest absolute Gasteiger partial charge is 0.497 e. The second kappa shape index (κ2) is 12.1. The lowest BCUT2D eigenvalue weighted by Gasteiger charge is -2.28. The van der Waals surface area contributed by atoms with E-state index in [9.17, 15) is 10.2 Å². The monoisotopic (exact) mass is 547 g/mol. The minimum Gasteiger partial charge on any atom is -0.497 e. The highest BCUT2D eigenvalue weighted by atomic mass is 35.5. The van der Waals surface area contributed by atoms with Crippen LogP contribution in [0.5, 0.6) is 5.75 Å². The van der Waals surface area contributed by atoms with Crippen LogP contribution in [0.1, 0.15) is 50.3 Å². The van der Waals surface area contributed by atoms with Crippen molar-refractivity contribution in [1.29, 1.82) is 0 Å². The molecule has 0 spiro atoms. The third kappa shape index (κ3) is 6.89. The molecule has 2 N–H and O–H groups in total. The average Bonchev–Trinajstić information content (AvgIpc) is 3.67. The van der Waals surface area contributed by atoms with Crippen molar-refractivity contribution in [2.45, 2.75) is 45.3 Å². The van der Waals surface area contributed by atoms with Gasteiger partial charge < -0.3 is 14.9 Å². The fraction of sp³-hybridized carbons (Fsp3) is 0.333. The van der Waals surface area contributed by atoms with Crippen LogP contribution in [0.3, 0.4) is 0 Å². The molecule has 39 heavy (non-hydrogen) atoms. The third-order valence-electron chi connectivity index (χ3n) is 6.67. The van der Waals surface area contributed by atoms with E-state index in [4.69, 9.17) is 16.3 Å². The number of aliphatic hydroxyl groups is 2. The molecule has 0 saturated heterocycles. The predicted octanol–water partition coefficient (Wildman–Crippen LogP) is 5.47. The topological polar surface area (TPSA) is 106 Å². The minimum absolute atomic E-state index is 0.242. The number of nitrogens with zero attached hydrogens (tertiary/aromatic N) is 5. The smallest absolute Gasteiger partial charge is 0.138 e. The second-order valence-corrected chi connectivity index (χ2v) is 11.1. The maximum Gasteiger partial charge on any atom is 0.138 e. The molecule has 1 saturated carbocycles. The number of rotatable bonds is 7. The van der Waals surface area contributed by atoms with Crippen LogP contribution in [0.25, 0.3) is 11.8 Å².